The summed E-state index contributed by atoms with van der Waals surface area (Å²) in [6, 6.07) is 9.52. The number of ether oxygens (including phenoxy) is 3. The molecule has 2 aliphatic heterocycles. The Labute approximate surface area is 155 Å². The van der Waals surface area contributed by atoms with Crippen LogP contribution in [-0.2, 0) is 20.9 Å². The molecule has 2 aliphatic rings. The Morgan fingerprint density at radius 1 is 1.31 bits per heavy atom. The highest BCUT2D eigenvalue weighted by Gasteiger charge is 2.23. The van der Waals surface area contributed by atoms with E-state index in [1.165, 1.54) is 11.3 Å². The van der Waals surface area contributed by atoms with Crippen LogP contribution in [0.15, 0.2) is 30.3 Å². The molecular formula is C19H19NO5S. The lowest BCUT2D eigenvalue weighted by Crippen LogP contribution is -2.34. The number of rotatable bonds is 5. The van der Waals surface area contributed by atoms with Gasteiger partial charge in [-0.2, -0.15) is 0 Å². The molecule has 1 aromatic heterocycles. The first-order valence-corrected chi connectivity index (χ1v) is 9.42. The number of thiophene rings is 1. The highest BCUT2D eigenvalue weighted by molar-refractivity contribution is 7.17. The molecule has 6 nitrogen and oxygen atoms in total. The van der Waals surface area contributed by atoms with Crippen molar-refractivity contribution >= 4 is 23.2 Å². The van der Waals surface area contributed by atoms with Crippen molar-refractivity contribution in [3.05, 3.63) is 40.8 Å². The average molecular weight is 373 g/mol. The Balaban J connectivity index is 1.34. The second kappa shape index (κ2) is 7.47. The second-order valence-electron chi connectivity index (χ2n) is 6.27. The van der Waals surface area contributed by atoms with E-state index in [0.29, 0.717) is 18.0 Å². The van der Waals surface area contributed by atoms with Crippen molar-refractivity contribution in [2.75, 3.05) is 19.8 Å². The summed E-state index contributed by atoms with van der Waals surface area (Å²) in [6.45, 7) is 1.34. The number of benzene rings is 1. The first kappa shape index (κ1) is 17.1. The zero-order valence-corrected chi connectivity index (χ0v) is 15.0. The number of hydrogen-bond acceptors (Lipinski definition) is 6. The molecule has 7 heteroatoms. The molecule has 4 rings (SSSR count). The summed E-state index contributed by atoms with van der Waals surface area (Å²) in [5.74, 6) is 0.00766. The van der Waals surface area contributed by atoms with Gasteiger partial charge in [-0.1, -0.05) is 12.1 Å². The molecular weight excluding hydrogens is 354 g/mol. The summed E-state index contributed by atoms with van der Waals surface area (Å²) in [7, 11) is 0. The Morgan fingerprint density at radius 3 is 3.04 bits per heavy atom. The molecule has 136 valence electrons. The minimum Gasteiger partial charge on any atom is -0.488 e. The minimum atomic E-state index is -0.492. The predicted octanol–water partition coefficient (Wildman–Crippen LogP) is 2.76. The Bertz CT molecular complexity index is 825. The van der Waals surface area contributed by atoms with Crippen LogP contribution in [0.3, 0.4) is 0 Å². The third-order valence-corrected chi connectivity index (χ3v) is 5.60. The molecule has 3 heterocycles. The van der Waals surface area contributed by atoms with Crippen molar-refractivity contribution < 1.29 is 23.8 Å². The lowest BCUT2D eigenvalue weighted by atomic mass is 10.1. The van der Waals surface area contributed by atoms with Crippen molar-refractivity contribution in [1.82, 2.24) is 5.32 Å². The van der Waals surface area contributed by atoms with Crippen LogP contribution in [0.5, 0.6) is 5.75 Å². The van der Waals surface area contributed by atoms with Crippen LogP contribution in [0, 0.1) is 0 Å². The molecule has 1 aromatic carbocycles. The van der Waals surface area contributed by atoms with E-state index in [4.69, 9.17) is 14.2 Å². The molecule has 1 fully saturated rings. The number of nitrogens with one attached hydrogen (secondary N) is 1. The van der Waals surface area contributed by atoms with Gasteiger partial charge in [-0.25, -0.2) is 4.79 Å². The van der Waals surface area contributed by atoms with E-state index >= 15 is 0 Å². The Kier molecular flexibility index (Phi) is 4.90. The van der Waals surface area contributed by atoms with Gasteiger partial charge in [-0.05, 0) is 31.0 Å². The standard InChI is InChI=1S/C19H19NO5S/c21-17(20-9-13-4-3-7-23-13)11-25-19(22)16-8-12-10-24-15-6-2-1-5-14(15)18(12)26-16/h1-2,5-6,8,13H,3-4,7,9-11H2,(H,20,21). The van der Waals surface area contributed by atoms with Crippen LogP contribution < -0.4 is 10.1 Å². The molecule has 26 heavy (non-hydrogen) atoms. The number of hydrogen-bond donors (Lipinski definition) is 1. The summed E-state index contributed by atoms with van der Waals surface area (Å²) in [5, 5.41) is 2.74. The molecule has 0 saturated carbocycles. The number of fused-ring (bicyclic) bond motifs is 3. The van der Waals surface area contributed by atoms with E-state index in [-0.39, 0.29) is 18.6 Å². The maximum atomic E-state index is 12.3. The summed E-state index contributed by atoms with van der Waals surface area (Å²) < 4.78 is 16.3. The van der Waals surface area contributed by atoms with Gasteiger partial charge in [0, 0.05) is 29.2 Å². The van der Waals surface area contributed by atoms with E-state index in [1.807, 2.05) is 24.3 Å². The van der Waals surface area contributed by atoms with Crippen LogP contribution in [-0.4, -0.2) is 37.7 Å². The smallest absolute Gasteiger partial charge is 0.348 e. The first-order valence-electron chi connectivity index (χ1n) is 8.61. The van der Waals surface area contributed by atoms with Crippen molar-refractivity contribution in [3.8, 4) is 16.2 Å². The van der Waals surface area contributed by atoms with Crippen molar-refractivity contribution in [2.45, 2.75) is 25.6 Å². The molecule has 0 radical (unpaired) electrons. The normalized spacial score (nSPS) is 17.8. The fourth-order valence-corrected chi connectivity index (χ4v) is 4.18. The SMILES string of the molecule is O=C(COC(=O)c1cc2c(s1)-c1ccccc1OC2)NCC1CCCO1. The molecule has 0 aliphatic carbocycles. The van der Waals surface area contributed by atoms with Gasteiger partial charge in [0.25, 0.3) is 5.91 Å². The third-order valence-electron chi connectivity index (χ3n) is 4.41. The lowest BCUT2D eigenvalue weighted by molar-refractivity contribution is -0.124. The number of esters is 1. The molecule has 1 N–H and O–H groups in total. The Morgan fingerprint density at radius 2 is 2.19 bits per heavy atom. The van der Waals surface area contributed by atoms with Crippen LogP contribution in [0.2, 0.25) is 0 Å². The lowest BCUT2D eigenvalue weighted by Gasteiger charge is -2.16. The summed E-state index contributed by atoms with van der Waals surface area (Å²) in [5.41, 5.74) is 1.94. The zero-order valence-electron chi connectivity index (χ0n) is 14.2. The fourth-order valence-electron chi connectivity index (χ4n) is 3.09. The maximum Gasteiger partial charge on any atom is 0.348 e. The van der Waals surface area contributed by atoms with Gasteiger partial charge in [-0.3, -0.25) is 4.79 Å². The molecule has 2 aromatic rings. The van der Waals surface area contributed by atoms with E-state index in [2.05, 4.69) is 5.32 Å². The summed E-state index contributed by atoms with van der Waals surface area (Å²) >= 11 is 1.37. The van der Waals surface area contributed by atoms with E-state index < -0.39 is 5.97 Å². The quantitative estimate of drug-likeness (QED) is 0.816. The monoisotopic (exact) mass is 373 g/mol. The highest BCUT2D eigenvalue weighted by atomic mass is 32.1. The minimum absolute atomic E-state index is 0.0683. The maximum absolute atomic E-state index is 12.3. The van der Waals surface area contributed by atoms with Crippen LogP contribution in [0.4, 0.5) is 0 Å². The molecule has 0 spiro atoms. The fraction of sp³-hybridized carbons (Fsp3) is 0.368. The van der Waals surface area contributed by atoms with E-state index in [9.17, 15) is 9.59 Å². The molecule has 1 unspecified atom stereocenters. The van der Waals surface area contributed by atoms with E-state index in [0.717, 1.165) is 41.2 Å². The third kappa shape index (κ3) is 3.59. The number of carbonyl (C=O) groups is 2. The van der Waals surface area contributed by atoms with Crippen molar-refractivity contribution in [3.63, 3.8) is 0 Å². The van der Waals surface area contributed by atoms with Gasteiger partial charge in [0.15, 0.2) is 6.61 Å². The van der Waals surface area contributed by atoms with Crippen molar-refractivity contribution in [2.24, 2.45) is 0 Å². The Hall–Kier alpha value is -2.38. The average Bonchev–Trinajstić information content (AvgIpc) is 3.33. The van der Waals surface area contributed by atoms with Crippen molar-refractivity contribution in [1.29, 1.82) is 0 Å². The number of carbonyl (C=O) groups excluding carboxylic acids is 2. The van der Waals surface area contributed by atoms with Gasteiger partial charge in [-0.15, -0.1) is 11.3 Å². The van der Waals surface area contributed by atoms with Gasteiger partial charge in [0.05, 0.1) is 6.10 Å². The number of amides is 1. The zero-order chi connectivity index (χ0) is 17.9. The van der Waals surface area contributed by atoms with Gasteiger partial charge in [0.1, 0.15) is 17.2 Å². The van der Waals surface area contributed by atoms with Crippen LogP contribution in [0.25, 0.3) is 10.4 Å². The topological polar surface area (TPSA) is 73.9 Å². The summed E-state index contributed by atoms with van der Waals surface area (Å²) in [4.78, 5) is 25.6. The van der Waals surface area contributed by atoms with E-state index in [1.54, 1.807) is 6.07 Å². The van der Waals surface area contributed by atoms with Gasteiger partial charge < -0.3 is 19.5 Å². The summed E-state index contributed by atoms with van der Waals surface area (Å²) in [6.07, 6.45) is 2.04. The molecule has 1 atom stereocenters. The van der Waals surface area contributed by atoms with Gasteiger partial charge >= 0.3 is 5.97 Å². The molecule has 0 bridgehead atoms. The second-order valence-corrected chi connectivity index (χ2v) is 7.32. The first-order chi connectivity index (χ1) is 12.7. The molecule has 1 amide bonds. The molecule has 1 saturated heterocycles. The predicted molar refractivity (Wildman–Crippen MR) is 96.4 cm³/mol. The van der Waals surface area contributed by atoms with Gasteiger partial charge in [0.2, 0.25) is 0 Å². The van der Waals surface area contributed by atoms with Crippen LogP contribution in [0.1, 0.15) is 28.1 Å². The number of para-hydroxylation sites is 1. The largest absolute Gasteiger partial charge is 0.488 e. The van der Waals surface area contributed by atoms with Crippen LogP contribution >= 0.6 is 11.3 Å². The highest BCUT2D eigenvalue weighted by Crippen LogP contribution is 2.42.